The van der Waals surface area contributed by atoms with Crippen LogP contribution < -0.4 is 20.3 Å². The van der Waals surface area contributed by atoms with Crippen LogP contribution in [-0.2, 0) is 4.74 Å². The smallest absolute Gasteiger partial charge is 0.341 e. The zero-order valence-corrected chi connectivity index (χ0v) is 27.5. The van der Waals surface area contributed by atoms with Crippen LogP contribution in [0.4, 0.5) is 0 Å². The highest BCUT2D eigenvalue weighted by Gasteiger charge is 2.30. The number of aliphatic hydroxyl groups excluding tert-OH is 1. The first-order valence-corrected chi connectivity index (χ1v) is 15.1. The van der Waals surface area contributed by atoms with Gasteiger partial charge in [0.05, 0.1) is 22.7 Å². The fraction of sp³-hybridized carbons (Fsp3) is 0.0769. The third-order valence-corrected chi connectivity index (χ3v) is 7.70. The first-order chi connectivity index (χ1) is 24.7. The number of ether oxygens (including phenoxy) is 2. The Morgan fingerprint density at radius 1 is 0.731 bits per heavy atom. The molecule has 1 unspecified atom stereocenters. The largest absolute Gasteiger partial charge is 0.545 e. The van der Waals surface area contributed by atoms with E-state index in [9.17, 15) is 34.5 Å². The summed E-state index contributed by atoms with van der Waals surface area (Å²) in [6, 6.07) is 26.1. The summed E-state index contributed by atoms with van der Waals surface area (Å²) in [5, 5.41) is 49.1. The molecule has 0 saturated carbocycles. The molecule has 264 valence electrons. The third kappa shape index (κ3) is 8.35. The number of carboxylic acids is 3. The zero-order chi connectivity index (χ0) is 38.3. The molecule has 13 nitrogen and oxygen atoms in total. The highest BCUT2D eigenvalue weighted by Crippen LogP contribution is 2.37. The minimum Gasteiger partial charge on any atom is -0.545 e. The number of aliphatic hydroxyl groups is 1. The lowest BCUT2D eigenvalue weighted by Crippen LogP contribution is -2.24. The van der Waals surface area contributed by atoms with E-state index in [1.54, 1.807) is 18.2 Å². The van der Waals surface area contributed by atoms with Crippen molar-refractivity contribution in [2.24, 2.45) is 0 Å². The minimum atomic E-state index is -1.43. The fourth-order valence-corrected chi connectivity index (χ4v) is 5.34. The van der Waals surface area contributed by atoms with E-state index in [2.05, 4.69) is 11.3 Å². The molecule has 2 aliphatic heterocycles. The number of aryl methyl sites for hydroxylation is 2. The summed E-state index contributed by atoms with van der Waals surface area (Å²) < 4.78 is 10.5. The van der Waals surface area contributed by atoms with E-state index in [4.69, 9.17) is 24.9 Å². The van der Waals surface area contributed by atoms with Crippen LogP contribution in [0.1, 0.15) is 75.5 Å². The van der Waals surface area contributed by atoms with Crippen LogP contribution in [-0.4, -0.2) is 44.3 Å². The maximum atomic E-state index is 11.9. The SMILES string of the molecule is C=c1ccc2c(c1)Oc1cc(C)ccc1C=2c1ccc(C(=O)[O-])cc1C(=O)O.Cc1cccc(O)c1.O=C(O)c1ccc2c(c1)C(=O)OC2O.O=O. The van der Waals surface area contributed by atoms with Crippen LogP contribution in [0.15, 0.2) is 97.1 Å². The van der Waals surface area contributed by atoms with Crippen molar-refractivity contribution in [3.8, 4) is 17.2 Å². The van der Waals surface area contributed by atoms with E-state index in [1.165, 1.54) is 30.3 Å². The molecule has 52 heavy (non-hydrogen) atoms. The Morgan fingerprint density at radius 2 is 1.40 bits per heavy atom. The van der Waals surface area contributed by atoms with Crippen molar-refractivity contribution < 1.29 is 54.2 Å². The Labute approximate surface area is 294 Å². The maximum Gasteiger partial charge on any atom is 0.341 e. The third-order valence-electron chi connectivity index (χ3n) is 7.70. The summed E-state index contributed by atoms with van der Waals surface area (Å²) in [5.74, 6) is -2.96. The molecule has 7 rings (SSSR count). The van der Waals surface area contributed by atoms with E-state index < -0.39 is 30.2 Å². The number of cyclic esters (lactones) is 1. The van der Waals surface area contributed by atoms with Crippen LogP contribution >= 0.6 is 0 Å². The summed E-state index contributed by atoms with van der Waals surface area (Å²) in [4.78, 5) is 58.8. The number of carbonyl (C=O) groups is 4. The number of hydrogen-bond donors (Lipinski definition) is 4. The summed E-state index contributed by atoms with van der Waals surface area (Å²) in [5.41, 5.74) is 4.00. The number of esters is 1. The van der Waals surface area contributed by atoms with Crippen LogP contribution in [0.5, 0.6) is 17.2 Å². The molecular weight excluding hydrogens is 676 g/mol. The molecule has 4 N–H and O–H groups in total. The second-order valence-electron chi connectivity index (χ2n) is 11.4. The lowest BCUT2D eigenvalue weighted by atomic mass is 9.88. The van der Waals surface area contributed by atoms with Crippen LogP contribution in [0.2, 0.25) is 0 Å². The highest BCUT2D eigenvalue weighted by atomic mass is 16.7. The molecule has 2 heterocycles. The minimum absolute atomic E-state index is 0.00481. The number of benzene rings is 5. The van der Waals surface area contributed by atoms with Gasteiger partial charge < -0.3 is 39.8 Å². The van der Waals surface area contributed by atoms with Gasteiger partial charge in [-0.2, -0.15) is 0 Å². The Hall–Kier alpha value is -7.12. The molecule has 5 aromatic carbocycles. The van der Waals surface area contributed by atoms with Gasteiger partial charge in [-0.15, -0.1) is 0 Å². The van der Waals surface area contributed by atoms with Crippen molar-refractivity contribution in [2.45, 2.75) is 20.1 Å². The standard InChI is InChI=1S/C23H16O5.C9H6O5.C7H8O.O2/c1-12-3-6-16-19(9-12)28-20-10-13(2)4-7-17(20)21(16)15-8-5-14(22(24)25)11-18(15)23(26)27;10-7(11)4-1-2-5-6(3-4)9(13)14-8(5)12;1-6-3-2-4-7(8)5-6;1-2/h3-11H,1H2,2H3,(H,24,25)(H,26,27);1-3,8,12H,(H,10,11);2-5,8H,1H3;/p-1. The molecular formula is C39H29O13-. The molecule has 0 aliphatic carbocycles. The average Bonchev–Trinajstić information content (AvgIpc) is 3.40. The molecule has 0 amide bonds. The molecule has 0 radical (unpaired) electrons. The van der Waals surface area contributed by atoms with Gasteiger partial charge in [0.2, 0.25) is 6.29 Å². The van der Waals surface area contributed by atoms with Gasteiger partial charge in [0.15, 0.2) is 0 Å². The Kier molecular flexibility index (Phi) is 11.6. The summed E-state index contributed by atoms with van der Waals surface area (Å²) >= 11 is 0. The predicted octanol–water partition coefficient (Wildman–Crippen LogP) is 4.13. The number of aromatic hydroxyl groups is 1. The van der Waals surface area contributed by atoms with Gasteiger partial charge in [0.1, 0.15) is 17.2 Å². The van der Waals surface area contributed by atoms with Crippen molar-refractivity contribution in [1.29, 1.82) is 0 Å². The van der Waals surface area contributed by atoms with Crippen molar-refractivity contribution in [3.63, 3.8) is 0 Å². The molecule has 1 atom stereocenters. The number of rotatable bonds is 4. The van der Waals surface area contributed by atoms with Gasteiger partial charge in [-0.1, -0.05) is 61.2 Å². The first-order valence-electron chi connectivity index (χ1n) is 15.1. The van der Waals surface area contributed by atoms with E-state index in [1.807, 2.05) is 56.3 Å². The molecule has 0 fully saturated rings. The second-order valence-corrected chi connectivity index (χ2v) is 11.4. The second kappa shape index (κ2) is 16.1. The number of carbonyl (C=O) groups excluding carboxylic acids is 2. The fourth-order valence-electron chi connectivity index (χ4n) is 5.34. The van der Waals surface area contributed by atoms with Crippen molar-refractivity contribution in [1.82, 2.24) is 0 Å². The number of phenols is 1. The molecule has 5 aromatic rings. The van der Waals surface area contributed by atoms with E-state index in [-0.39, 0.29) is 22.3 Å². The average molecular weight is 706 g/mol. The van der Waals surface area contributed by atoms with Crippen LogP contribution in [0.25, 0.3) is 12.2 Å². The van der Waals surface area contributed by atoms with Crippen LogP contribution in [0.3, 0.4) is 0 Å². The first kappa shape index (κ1) is 37.7. The molecule has 13 heteroatoms. The van der Waals surface area contributed by atoms with Gasteiger partial charge in [-0.05, 0) is 83.8 Å². The number of phenolic OH excluding ortho intramolecular Hbond substituents is 1. The van der Waals surface area contributed by atoms with Gasteiger partial charge >= 0.3 is 17.9 Å². The van der Waals surface area contributed by atoms with Crippen LogP contribution in [0, 0.1) is 23.8 Å². The van der Waals surface area contributed by atoms with Gasteiger partial charge in [0, 0.05) is 31.8 Å². The quantitative estimate of drug-likeness (QED) is 0.190. The van der Waals surface area contributed by atoms with Crippen molar-refractivity contribution in [2.75, 3.05) is 0 Å². The Bertz CT molecular complexity index is 2310. The maximum absolute atomic E-state index is 11.9. The lowest BCUT2D eigenvalue weighted by Gasteiger charge is -2.22. The molecule has 0 saturated heterocycles. The Balaban J connectivity index is 0.000000208. The molecule has 0 spiro atoms. The normalized spacial score (nSPS) is 13.0. The summed E-state index contributed by atoms with van der Waals surface area (Å²) in [7, 11) is 0. The summed E-state index contributed by atoms with van der Waals surface area (Å²) in [6.45, 7) is 7.80. The van der Waals surface area contributed by atoms with Gasteiger partial charge in [-0.25, -0.2) is 14.4 Å². The lowest BCUT2D eigenvalue weighted by molar-refractivity contribution is -0.255. The van der Waals surface area contributed by atoms with E-state index >= 15 is 0 Å². The van der Waals surface area contributed by atoms with Gasteiger partial charge in [0.25, 0.3) is 0 Å². The van der Waals surface area contributed by atoms with Crippen molar-refractivity contribution in [3.05, 3.63) is 167 Å². The molecule has 2 aliphatic rings. The van der Waals surface area contributed by atoms with E-state index in [0.29, 0.717) is 39.2 Å². The van der Waals surface area contributed by atoms with Crippen molar-refractivity contribution >= 4 is 36.0 Å². The van der Waals surface area contributed by atoms with E-state index in [0.717, 1.165) is 28.0 Å². The zero-order valence-electron chi connectivity index (χ0n) is 27.5. The monoisotopic (exact) mass is 705 g/mol. The highest BCUT2D eigenvalue weighted by molar-refractivity contribution is 6.01. The molecule has 0 bridgehead atoms. The number of aromatic carboxylic acids is 3. The number of hydrogen-bond acceptors (Lipinski definition) is 11. The number of carboxylic acid groups (broad SMARTS) is 3. The number of fused-ring (bicyclic) bond motifs is 3. The summed E-state index contributed by atoms with van der Waals surface area (Å²) in [6.07, 6.45) is -1.28. The van der Waals surface area contributed by atoms with Gasteiger partial charge in [-0.3, -0.25) is 0 Å². The topological polar surface area (TPSA) is 225 Å². The predicted molar refractivity (Wildman–Crippen MR) is 185 cm³/mol. The molecule has 0 aromatic heterocycles. The Morgan fingerprint density at radius 3 is 2.02 bits per heavy atom.